The van der Waals surface area contributed by atoms with Gasteiger partial charge in [0.15, 0.2) is 0 Å². The summed E-state index contributed by atoms with van der Waals surface area (Å²) in [5, 5.41) is 6.11. The van der Waals surface area contributed by atoms with Crippen LogP contribution in [0.1, 0.15) is 74.2 Å². The van der Waals surface area contributed by atoms with Gasteiger partial charge in [-0.15, -0.1) is 11.3 Å². The molecule has 5 heteroatoms. The number of thiophene rings is 1. The zero-order valence-electron chi connectivity index (χ0n) is 16.1. The van der Waals surface area contributed by atoms with Crippen molar-refractivity contribution in [1.29, 1.82) is 0 Å². The lowest BCUT2D eigenvalue weighted by Crippen LogP contribution is -2.51. The highest BCUT2D eigenvalue weighted by Crippen LogP contribution is 2.27. The molecule has 1 saturated carbocycles. The van der Waals surface area contributed by atoms with Crippen molar-refractivity contribution in [2.24, 2.45) is 11.8 Å². The molecule has 0 saturated heterocycles. The maximum Gasteiger partial charge on any atom is 0.243 e. The van der Waals surface area contributed by atoms with Crippen molar-refractivity contribution < 1.29 is 9.59 Å². The lowest BCUT2D eigenvalue weighted by Gasteiger charge is -2.27. The molecule has 1 aromatic rings. The largest absolute Gasteiger partial charge is 0.348 e. The number of amides is 2. The minimum atomic E-state index is -0.475. The van der Waals surface area contributed by atoms with E-state index in [-0.39, 0.29) is 29.7 Å². The predicted molar refractivity (Wildman–Crippen MR) is 104 cm³/mol. The highest BCUT2D eigenvalue weighted by Gasteiger charge is 2.29. The van der Waals surface area contributed by atoms with Crippen LogP contribution in [0.4, 0.5) is 0 Å². The lowest BCUT2D eigenvalue weighted by atomic mass is 9.88. The molecule has 0 radical (unpaired) electrons. The Labute approximate surface area is 155 Å². The van der Waals surface area contributed by atoms with Gasteiger partial charge in [-0.25, -0.2) is 0 Å². The van der Waals surface area contributed by atoms with E-state index >= 15 is 0 Å². The molecule has 1 aliphatic carbocycles. The Morgan fingerprint density at radius 2 is 1.72 bits per heavy atom. The molecule has 2 N–H and O–H groups in total. The number of aryl methyl sites for hydroxylation is 2. The van der Waals surface area contributed by atoms with Crippen LogP contribution in [0.2, 0.25) is 0 Å². The summed E-state index contributed by atoms with van der Waals surface area (Å²) in [6.45, 7) is 10.1. The van der Waals surface area contributed by atoms with Gasteiger partial charge >= 0.3 is 0 Å². The number of hydrogen-bond acceptors (Lipinski definition) is 3. The second kappa shape index (κ2) is 8.84. The lowest BCUT2D eigenvalue weighted by molar-refractivity contribution is -0.133. The number of nitrogens with one attached hydrogen (secondary N) is 2. The fourth-order valence-electron chi connectivity index (χ4n) is 3.63. The fourth-order valence-corrected chi connectivity index (χ4v) is 4.65. The Bertz CT molecular complexity index is 603. The summed E-state index contributed by atoms with van der Waals surface area (Å²) in [4.78, 5) is 27.8. The minimum Gasteiger partial charge on any atom is -0.348 e. The van der Waals surface area contributed by atoms with Gasteiger partial charge in [-0.3, -0.25) is 9.59 Å². The second-order valence-electron chi connectivity index (χ2n) is 7.66. The number of carbonyl (C=O) groups is 2. The SMILES string of the molecule is Cc1cc([C@H](C)NC(=O)[C@H](NC(=O)C2CCCCC2)C(C)C)c(C)s1. The van der Waals surface area contributed by atoms with Gasteiger partial charge in [0.2, 0.25) is 11.8 Å². The second-order valence-corrected chi connectivity index (χ2v) is 9.12. The molecule has 0 spiro atoms. The van der Waals surface area contributed by atoms with Crippen LogP contribution in [0.3, 0.4) is 0 Å². The molecule has 2 amide bonds. The molecule has 25 heavy (non-hydrogen) atoms. The molecular weight excluding hydrogens is 332 g/mol. The molecule has 1 aromatic heterocycles. The van der Waals surface area contributed by atoms with E-state index in [1.165, 1.54) is 16.2 Å². The van der Waals surface area contributed by atoms with E-state index in [9.17, 15) is 9.59 Å². The van der Waals surface area contributed by atoms with Crippen LogP contribution < -0.4 is 10.6 Å². The first kappa shape index (κ1) is 20.0. The normalized spacial score (nSPS) is 18.0. The maximum atomic E-state index is 12.8. The summed E-state index contributed by atoms with van der Waals surface area (Å²) in [5.41, 5.74) is 1.16. The molecule has 1 fully saturated rings. The predicted octanol–water partition coefficient (Wildman–Crippen LogP) is 4.26. The molecule has 1 aliphatic rings. The van der Waals surface area contributed by atoms with E-state index in [1.807, 2.05) is 20.8 Å². The van der Waals surface area contributed by atoms with E-state index < -0.39 is 6.04 Å². The standard InChI is InChI=1S/C20H32N2O2S/c1-12(2)18(22-19(23)16-9-7-6-8-10-16)20(24)21-14(4)17-11-13(3)25-15(17)5/h11-12,14,16,18H,6-10H2,1-5H3,(H,21,24)(H,22,23)/t14-,18+/m0/s1. The summed E-state index contributed by atoms with van der Waals surface area (Å²) in [5.74, 6) is 0.0886. The van der Waals surface area contributed by atoms with Crippen LogP contribution in [0.5, 0.6) is 0 Å². The van der Waals surface area contributed by atoms with E-state index in [4.69, 9.17) is 0 Å². The average molecular weight is 365 g/mol. The third-order valence-corrected chi connectivity index (χ3v) is 6.11. The van der Waals surface area contributed by atoms with Gasteiger partial charge in [0.1, 0.15) is 6.04 Å². The van der Waals surface area contributed by atoms with E-state index in [1.54, 1.807) is 11.3 Å². The minimum absolute atomic E-state index is 0.0451. The Balaban J connectivity index is 1.99. The summed E-state index contributed by atoms with van der Waals surface area (Å²) in [6, 6.07) is 1.61. The first-order valence-electron chi connectivity index (χ1n) is 9.47. The summed E-state index contributed by atoms with van der Waals surface area (Å²) < 4.78 is 0. The van der Waals surface area contributed by atoms with Gasteiger partial charge in [0.25, 0.3) is 0 Å². The van der Waals surface area contributed by atoms with Crippen LogP contribution in [-0.2, 0) is 9.59 Å². The third-order valence-electron chi connectivity index (χ3n) is 5.13. The topological polar surface area (TPSA) is 58.2 Å². The molecule has 0 aliphatic heterocycles. The number of carbonyl (C=O) groups excluding carboxylic acids is 2. The Hall–Kier alpha value is -1.36. The van der Waals surface area contributed by atoms with Crippen molar-refractivity contribution in [2.75, 3.05) is 0 Å². The van der Waals surface area contributed by atoms with Gasteiger partial charge in [-0.05, 0) is 51.2 Å². The van der Waals surface area contributed by atoms with Crippen molar-refractivity contribution in [2.45, 2.75) is 78.8 Å². The zero-order valence-corrected chi connectivity index (χ0v) is 17.0. The third kappa shape index (κ3) is 5.30. The fraction of sp³-hybridized carbons (Fsp3) is 0.700. The molecule has 0 bridgehead atoms. The van der Waals surface area contributed by atoms with Crippen LogP contribution in [0, 0.1) is 25.7 Å². The van der Waals surface area contributed by atoms with Crippen molar-refractivity contribution >= 4 is 23.2 Å². The van der Waals surface area contributed by atoms with E-state index in [0.717, 1.165) is 31.2 Å². The monoisotopic (exact) mass is 364 g/mol. The molecule has 2 rings (SSSR count). The highest BCUT2D eigenvalue weighted by molar-refractivity contribution is 7.12. The van der Waals surface area contributed by atoms with Gasteiger partial charge in [0.05, 0.1) is 6.04 Å². The molecule has 140 valence electrons. The van der Waals surface area contributed by atoms with Crippen molar-refractivity contribution in [3.63, 3.8) is 0 Å². The molecular formula is C20H32N2O2S. The van der Waals surface area contributed by atoms with E-state index in [2.05, 4.69) is 30.5 Å². The van der Waals surface area contributed by atoms with Crippen LogP contribution in [-0.4, -0.2) is 17.9 Å². The molecule has 2 atom stereocenters. The zero-order chi connectivity index (χ0) is 18.6. The van der Waals surface area contributed by atoms with Gasteiger partial charge < -0.3 is 10.6 Å². The van der Waals surface area contributed by atoms with Crippen molar-refractivity contribution in [3.05, 3.63) is 21.4 Å². The smallest absolute Gasteiger partial charge is 0.243 e. The van der Waals surface area contributed by atoms with Crippen molar-refractivity contribution in [3.8, 4) is 0 Å². The Morgan fingerprint density at radius 3 is 2.24 bits per heavy atom. The average Bonchev–Trinajstić information content (AvgIpc) is 2.91. The van der Waals surface area contributed by atoms with Gasteiger partial charge in [-0.2, -0.15) is 0 Å². The Morgan fingerprint density at radius 1 is 1.08 bits per heavy atom. The van der Waals surface area contributed by atoms with Gasteiger partial charge in [-0.1, -0.05) is 33.1 Å². The Kier molecular flexibility index (Phi) is 7.05. The van der Waals surface area contributed by atoms with Crippen molar-refractivity contribution in [1.82, 2.24) is 10.6 Å². The van der Waals surface area contributed by atoms with Gasteiger partial charge in [0, 0.05) is 15.7 Å². The maximum absolute atomic E-state index is 12.8. The molecule has 0 aromatic carbocycles. The first-order chi connectivity index (χ1) is 11.8. The van der Waals surface area contributed by atoms with Crippen LogP contribution in [0.15, 0.2) is 6.07 Å². The van der Waals surface area contributed by atoms with Crippen LogP contribution >= 0.6 is 11.3 Å². The summed E-state index contributed by atoms with van der Waals surface area (Å²) in [7, 11) is 0. The molecule has 4 nitrogen and oxygen atoms in total. The van der Waals surface area contributed by atoms with Crippen LogP contribution in [0.25, 0.3) is 0 Å². The highest BCUT2D eigenvalue weighted by atomic mass is 32.1. The number of rotatable bonds is 6. The summed E-state index contributed by atoms with van der Waals surface area (Å²) in [6.07, 6.45) is 5.34. The summed E-state index contributed by atoms with van der Waals surface area (Å²) >= 11 is 1.75. The molecule has 1 heterocycles. The van der Waals surface area contributed by atoms with E-state index in [0.29, 0.717) is 0 Å². The number of hydrogen-bond donors (Lipinski definition) is 2. The first-order valence-corrected chi connectivity index (χ1v) is 10.3. The molecule has 0 unspecified atom stereocenters. The quantitative estimate of drug-likeness (QED) is 0.792.